The van der Waals surface area contributed by atoms with Gasteiger partial charge in [0.05, 0.1) is 12.0 Å². The van der Waals surface area contributed by atoms with Gasteiger partial charge in [-0.2, -0.15) is 0 Å². The number of esters is 3. The van der Waals surface area contributed by atoms with E-state index in [1.807, 2.05) is 0 Å². The van der Waals surface area contributed by atoms with Crippen molar-refractivity contribution < 1.29 is 28.6 Å². The van der Waals surface area contributed by atoms with Crippen molar-refractivity contribution in [3.05, 3.63) is 12.7 Å². The fourth-order valence-corrected chi connectivity index (χ4v) is 3.67. The molecule has 0 aliphatic heterocycles. The minimum absolute atomic E-state index is 0.112. The van der Waals surface area contributed by atoms with Crippen LogP contribution >= 0.6 is 0 Å². The van der Waals surface area contributed by atoms with Crippen molar-refractivity contribution >= 4 is 17.9 Å². The number of hydrogen-bond donors (Lipinski definition) is 0. The van der Waals surface area contributed by atoms with Crippen LogP contribution in [0.25, 0.3) is 0 Å². The van der Waals surface area contributed by atoms with Crippen molar-refractivity contribution in [1.29, 1.82) is 0 Å². The Balaban J connectivity index is 2.04. The van der Waals surface area contributed by atoms with Gasteiger partial charge in [-0.1, -0.05) is 13.0 Å². The summed E-state index contributed by atoms with van der Waals surface area (Å²) >= 11 is 0. The molecule has 26 heavy (non-hydrogen) atoms. The lowest BCUT2D eigenvalue weighted by atomic mass is 9.78. The van der Waals surface area contributed by atoms with Gasteiger partial charge >= 0.3 is 17.9 Å². The van der Waals surface area contributed by atoms with E-state index >= 15 is 0 Å². The lowest BCUT2D eigenvalue weighted by Gasteiger charge is -2.37. The van der Waals surface area contributed by atoms with Gasteiger partial charge in [0.1, 0.15) is 6.10 Å². The molecular weight excluding hydrogens is 336 g/mol. The zero-order valence-corrected chi connectivity index (χ0v) is 15.8. The Bertz CT molecular complexity index is 524. The molecule has 0 bridgehead atoms. The second kappa shape index (κ2) is 9.19. The van der Waals surface area contributed by atoms with Crippen LogP contribution in [0.3, 0.4) is 0 Å². The quantitative estimate of drug-likeness (QED) is 0.407. The number of carbonyl (C=O) groups is 3. The van der Waals surface area contributed by atoms with Gasteiger partial charge in [-0.15, -0.1) is 0 Å². The highest BCUT2D eigenvalue weighted by Crippen LogP contribution is 2.38. The molecule has 0 atom stereocenters. The van der Waals surface area contributed by atoms with Crippen molar-refractivity contribution in [2.24, 2.45) is 5.92 Å². The van der Waals surface area contributed by atoms with E-state index in [1.165, 1.54) is 0 Å². The van der Waals surface area contributed by atoms with E-state index in [0.29, 0.717) is 12.8 Å². The van der Waals surface area contributed by atoms with Gasteiger partial charge < -0.3 is 14.2 Å². The molecular formula is C20H30O6. The summed E-state index contributed by atoms with van der Waals surface area (Å²) in [6.07, 6.45) is 7.07. The summed E-state index contributed by atoms with van der Waals surface area (Å²) in [6.45, 7) is 7.02. The molecule has 2 rings (SSSR count). The standard InChI is InChI=1S/C20H30O6/c1-4-17(21)26-20(19(23)25-16-8-6-5-7-9-16)12-10-15(11-13-20)18(22)24-14(2)3/h4,14-16H,1,5-13H2,2-3H3. The zero-order valence-electron chi connectivity index (χ0n) is 15.8. The number of rotatable bonds is 6. The van der Waals surface area contributed by atoms with Gasteiger partial charge in [-0.25, -0.2) is 9.59 Å². The van der Waals surface area contributed by atoms with E-state index < -0.39 is 17.5 Å². The predicted octanol–water partition coefficient (Wildman–Crippen LogP) is 3.47. The van der Waals surface area contributed by atoms with Crippen LogP contribution in [-0.2, 0) is 28.6 Å². The maximum atomic E-state index is 12.8. The SMILES string of the molecule is C=CC(=O)OC1(C(=O)OC2CCCCC2)CCC(C(=O)OC(C)C)CC1. The lowest BCUT2D eigenvalue weighted by molar-refractivity contribution is -0.191. The molecule has 0 radical (unpaired) electrons. The highest BCUT2D eigenvalue weighted by atomic mass is 16.6. The molecule has 2 saturated carbocycles. The molecule has 0 aromatic rings. The smallest absolute Gasteiger partial charge is 0.350 e. The third kappa shape index (κ3) is 5.32. The maximum Gasteiger partial charge on any atom is 0.350 e. The second-order valence-electron chi connectivity index (χ2n) is 7.54. The first-order chi connectivity index (χ1) is 12.4. The van der Waals surface area contributed by atoms with E-state index in [0.717, 1.165) is 38.2 Å². The molecule has 6 heteroatoms. The normalized spacial score (nSPS) is 26.8. The number of ether oxygens (including phenoxy) is 3. The molecule has 0 spiro atoms. The van der Waals surface area contributed by atoms with Crippen molar-refractivity contribution in [2.75, 3.05) is 0 Å². The van der Waals surface area contributed by atoms with Crippen molar-refractivity contribution in [1.82, 2.24) is 0 Å². The van der Waals surface area contributed by atoms with E-state index in [9.17, 15) is 14.4 Å². The Kier molecular flexibility index (Phi) is 7.23. The van der Waals surface area contributed by atoms with Crippen LogP contribution in [0.15, 0.2) is 12.7 Å². The molecule has 0 N–H and O–H groups in total. The van der Waals surface area contributed by atoms with Crippen LogP contribution in [0.5, 0.6) is 0 Å². The third-order valence-corrected chi connectivity index (χ3v) is 5.14. The van der Waals surface area contributed by atoms with Crippen LogP contribution in [-0.4, -0.2) is 35.7 Å². The summed E-state index contributed by atoms with van der Waals surface area (Å²) < 4.78 is 16.4. The molecule has 0 amide bonds. The molecule has 2 aliphatic rings. The highest BCUT2D eigenvalue weighted by molar-refractivity contribution is 5.88. The van der Waals surface area contributed by atoms with Crippen LogP contribution in [0, 0.1) is 5.92 Å². The molecule has 2 aliphatic carbocycles. The monoisotopic (exact) mass is 366 g/mol. The molecule has 0 unspecified atom stereocenters. The molecule has 0 aromatic heterocycles. The van der Waals surface area contributed by atoms with Gasteiger partial charge in [0.15, 0.2) is 0 Å². The predicted molar refractivity (Wildman–Crippen MR) is 95.2 cm³/mol. The number of carbonyl (C=O) groups excluding carboxylic acids is 3. The summed E-state index contributed by atoms with van der Waals surface area (Å²) in [7, 11) is 0. The summed E-state index contributed by atoms with van der Waals surface area (Å²) in [5, 5.41) is 0. The zero-order chi connectivity index (χ0) is 19.2. The summed E-state index contributed by atoms with van der Waals surface area (Å²) in [5.74, 6) is -1.68. The number of hydrogen-bond acceptors (Lipinski definition) is 6. The lowest BCUT2D eigenvalue weighted by Crippen LogP contribution is -2.49. The van der Waals surface area contributed by atoms with Crippen molar-refractivity contribution in [3.63, 3.8) is 0 Å². The van der Waals surface area contributed by atoms with Gasteiger partial charge in [0.25, 0.3) is 0 Å². The van der Waals surface area contributed by atoms with Gasteiger partial charge in [-0.3, -0.25) is 4.79 Å². The van der Waals surface area contributed by atoms with Crippen LogP contribution < -0.4 is 0 Å². The van der Waals surface area contributed by atoms with Crippen LogP contribution in [0.1, 0.15) is 71.6 Å². The van der Waals surface area contributed by atoms with Crippen LogP contribution in [0.4, 0.5) is 0 Å². The average Bonchev–Trinajstić information content (AvgIpc) is 2.62. The van der Waals surface area contributed by atoms with E-state index in [4.69, 9.17) is 14.2 Å². The van der Waals surface area contributed by atoms with E-state index in [2.05, 4.69) is 6.58 Å². The Morgan fingerprint density at radius 3 is 2.19 bits per heavy atom. The van der Waals surface area contributed by atoms with Gasteiger partial charge in [0.2, 0.25) is 5.60 Å². The van der Waals surface area contributed by atoms with Crippen LogP contribution in [0.2, 0.25) is 0 Å². The first kappa shape index (κ1) is 20.5. The minimum Gasteiger partial charge on any atom is -0.463 e. The fraction of sp³-hybridized carbons (Fsp3) is 0.750. The fourth-order valence-electron chi connectivity index (χ4n) is 3.67. The molecule has 146 valence electrons. The summed E-state index contributed by atoms with van der Waals surface area (Å²) in [6, 6.07) is 0. The van der Waals surface area contributed by atoms with E-state index in [1.54, 1.807) is 13.8 Å². The second-order valence-corrected chi connectivity index (χ2v) is 7.54. The molecule has 0 aromatic carbocycles. The molecule has 2 fully saturated rings. The molecule has 0 heterocycles. The first-order valence-electron chi connectivity index (χ1n) is 9.63. The third-order valence-electron chi connectivity index (χ3n) is 5.14. The first-order valence-corrected chi connectivity index (χ1v) is 9.63. The Labute approximate surface area is 155 Å². The van der Waals surface area contributed by atoms with Gasteiger partial charge in [-0.05, 0) is 65.2 Å². The Morgan fingerprint density at radius 2 is 1.65 bits per heavy atom. The Hall–Kier alpha value is -1.85. The summed E-state index contributed by atoms with van der Waals surface area (Å²) in [4.78, 5) is 36.8. The maximum absolute atomic E-state index is 12.8. The molecule has 6 nitrogen and oxygen atoms in total. The molecule has 0 saturated heterocycles. The van der Waals surface area contributed by atoms with Crippen molar-refractivity contribution in [2.45, 2.75) is 89.4 Å². The van der Waals surface area contributed by atoms with Crippen molar-refractivity contribution in [3.8, 4) is 0 Å². The largest absolute Gasteiger partial charge is 0.463 e. The topological polar surface area (TPSA) is 78.9 Å². The Morgan fingerprint density at radius 1 is 1.04 bits per heavy atom. The average molecular weight is 366 g/mol. The summed E-state index contributed by atoms with van der Waals surface area (Å²) in [5.41, 5.74) is -1.32. The van der Waals surface area contributed by atoms with Gasteiger partial charge in [0, 0.05) is 6.08 Å². The van der Waals surface area contributed by atoms with E-state index in [-0.39, 0.29) is 36.9 Å². The minimum atomic E-state index is -1.32. The highest BCUT2D eigenvalue weighted by Gasteiger charge is 2.48.